The standard InChI is InChI=1S/C13H16N2O3S/c1-6(16)11-10(12(17)18)15-13(19-11)14-9-5-7-2-3-8(9)4-7/h7-9H,2-5H2,1H3,(H,14,15)(H,17,18). The van der Waals surface area contributed by atoms with Gasteiger partial charge >= 0.3 is 5.97 Å². The molecule has 0 amide bonds. The predicted molar refractivity (Wildman–Crippen MR) is 71.9 cm³/mol. The van der Waals surface area contributed by atoms with E-state index in [1.54, 1.807) is 0 Å². The van der Waals surface area contributed by atoms with Gasteiger partial charge in [0.25, 0.3) is 0 Å². The first kappa shape index (κ1) is 12.6. The number of fused-ring (bicyclic) bond motifs is 2. The zero-order valence-corrected chi connectivity index (χ0v) is 11.5. The lowest BCUT2D eigenvalue weighted by atomic mass is 9.96. The van der Waals surface area contributed by atoms with Crippen molar-refractivity contribution < 1.29 is 14.7 Å². The number of aromatic nitrogens is 1. The lowest BCUT2D eigenvalue weighted by molar-refractivity contribution is 0.0687. The van der Waals surface area contributed by atoms with Gasteiger partial charge in [-0.05, 0) is 31.1 Å². The Morgan fingerprint density at radius 2 is 2.16 bits per heavy atom. The van der Waals surface area contributed by atoms with Crippen LogP contribution in [-0.4, -0.2) is 27.9 Å². The van der Waals surface area contributed by atoms with Crippen molar-refractivity contribution in [1.82, 2.24) is 4.98 Å². The maximum Gasteiger partial charge on any atom is 0.356 e. The summed E-state index contributed by atoms with van der Waals surface area (Å²) in [7, 11) is 0. The molecule has 2 N–H and O–H groups in total. The fraction of sp³-hybridized carbons (Fsp3) is 0.615. The number of rotatable bonds is 4. The SMILES string of the molecule is CC(=O)c1sc(NC2CC3CCC2C3)nc1C(=O)O. The van der Waals surface area contributed by atoms with Crippen LogP contribution in [-0.2, 0) is 0 Å². The third-order valence-electron chi connectivity index (χ3n) is 4.20. The van der Waals surface area contributed by atoms with Gasteiger partial charge < -0.3 is 10.4 Å². The van der Waals surface area contributed by atoms with Crippen molar-refractivity contribution in [3.05, 3.63) is 10.6 Å². The normalized spacial score (nSPS) is 28.6. The molecule has 3 unspecified atom stereocenters. The molecule has 19 heavy (non-hydrogen) atoms. The van der Waals surface area contributed by atoms with E-state index in [0.717, 1.165) is 23.7 Å². The van der Waals surface area contributed by atoms with E-state index in [1.807, 2.05) is 0 Å². The maximum absolute atomic E-state index is 11.4. The Kier molecular flexibility index (Phi) is 3.05. The lowest BCUT2D eigenvalue weighted by Gasteiger charge is -2.22. The molecule has 0 aromatic carbocycles. The number of hydrogen-bond acceptors (Lipinski definition) is 5. The van der Waals surface area contributed by atoms with Gasteiger partial charge in [0.05, 0.1) is 0 Å². The molecule has 0 radical (unpaired) electrons. The molecule has 1 aromatic rings. The van der Waals surface area contributed by atoms with E-state index in [-0.39, 0.29) is 16.4 Å². The molecule has 3 rings (SSSR count). The molecule has 0 aliphatic heterocycles. The predicted octanol–water partition coefficient (Wildman–Crippen LogP) is 2.64. The fourth-order valence-corrected chi connectivity index (χ4v) is 4.26. The van der Waals surface area contributed by atoms with Crippen molar-refractivity contribution in [3.8, 4) is 0 Å². The summed E-state index contributed by atoms with van der Waals surface area (Å²) in [6.45, 7) is 1.38. The molecule has 2 aliphatic rings. The average Bonchev–Trinajstić information content (AvgIpc) is 3.02. The number of nitrogens with one attached hydrogen (secondary N) is 1. The number of hydrogen-bond donors (Lipinski definition) is 2. The summed E-state index contributed by atoms with van der Waals surface area (Å²) in [6, 6.07) is 0.395. The van der Waals surface area contributed by atoms with E-state index >= 15 is 0 Å². The van der Waals surface area contributed by atoms with Crippen LogP contribution in [0.2, 0.25) is 0 Å². The van der Waals surface area contributed by atoms with Crippen LogP contribution in [0.5, 0.6) is 0 Å². The van der Waals surface area contributed by atoms with E-state index in [2.05, 4.69) is 10.3 Å². The zero-order chi connectivity index (χ0) is 13.6. The minimum Gasteiger partial charge on any atom is -0.476 e. The van der Waals surface area contributed by atoms with Gasteiger partial charge in [0.1, 0.15) is 4.88 Å². The number of carbonyl (C=O) groups is 2. The van der Waals surface area contributed by atoms with Gasteiger partial charge in [0, 0.05) is 13.0 Å². The Morgan fingerprint density at radius 1 is 1.37 bits per heavy atom. The fourth-order valence-electron chi connectivity index (χ4n) is 3.35. The quantitative estimate of drug-likeness (QED) is 0.829. The van der Waals surface area contributed by atoms with Gasteiger partial charge in [0.2, 0.25) is 0 Å². The van der Waals surface area contributed by atoms with Crippen molar-refractivity contribution in [1.29, 1.82) is 0 Å². The van der Waals surface area contributed by atoms with Crippen LogP contribution in [0.1, 0.15) is 52.8 Å². The largest absolute Gasteiger partial charge is 0.476 e. The molecule has 2 bridgehead atoms. The van der Waals surface area contributed by atoms with Gasteiger partial charge in [-0.15, -0.1) is 0 Å². The Hall–Kier alpha value is -1.43. The first-order valence-electron chi connectivity index (χ1n) is 6.56. The Balaban J connectivity index is 1.80. The minimum absolute atomic E-state index is 0.122. The molecule has 102 valence electrons. The van der Waals surface area contributed by atoms with Crippen LogP contribution >= 0.6 is 11.3 Å². The molecule has 2 fully saturated rings. The Bertz CT molecular complexity index is 508. The minimum atomic E-state index is -1.14. The first-order chi connectivity index (χ1) is 9.04. The highest BCUT2D eigenvalue weighted by atomic mass is 32.1. The maximum atomic E-state index is 11.4. The van der Waals surface area contributed by atoms with Crippen LogP contribution < -0.4 is 5.32 Å². The summed E-state index contributed by atoms with van der Waals surface area (Å²) >= 11 is 1.16. The van der Waals surface area contributed by atoms with E-state index < -0.39 is 5.97 Å². The number of carbonyl (C=O) groups excluding carboxylic acids is 1. The van der Waals surface area contributed by atoms with Crippen LogP contribution in [0.4, 0.5) is 5.13 Å². The number of anilines is 1. The molecule has 1 aromatic heterocycles. The van der Waals surface area contributed by atoms with E-state index in [9.17, 15) is 9.59 Å². The van der Waals surface area contributed by atoms with Crippen LogP contribution in [0.3, 0.4) is 0 Å². The van der Waals surface area contributed by atoms with Gasteiger partial charge in [0.15, 0.2) is 16.6 Å². The van der Waals surface area contributed by atoms with Crippen LogP contribution in [0.15, 0.2) is 0 Å². The zero-order valence-electron chi connectivity index (χ0n) is 10.7. The second kappa shape index (κ2) is 4.59. The summed E-state index contributed by atoms with van der Waals surface area (Å²) in [4.78, 5) is 26.8. The second-order valence-corrected chi connectivity index (χ2v) is 6.48. The van der Waals surface area contributed by atoms with Gasteiger partial charge in [-0.25, -0.2) is 9.78 Å². The molecular weight excluding hydrogens is 264 g/mol. The summed E-state index contributed by atoms with van der Waals surface area (Å²) in [5, 5.41) is 13.0. The number of thiazole rings is 1. The summed E-state index contributed by atoms with van der Waals surface area (Å²) in [6.07, 6.45) is 4.98. The average molecular weight is 280 g/mol. The Labute approximate surface area is 115 Å². The molecule has 2 saturated carbocycles. The van der Waals surface area contributed by atoms with Gasteiger partial charge in [-0.3, -0.25) is 4.79 Å². The number of Topliss-reactive ketones (excluding diaryl/α,β-unsaturated/α-hetero) is 1. The smallest absolute Gasteiger partial charge is 0.356 e. The van der Waals surface area contributed by atoms with Crippen LogP contribution in [0.25, 0.3) is 0 Å². The molecule has 5 nitrogen and oxygen atoms in total. The van der Waals surface area contributed by atoms with Gasteiger partial charge in [-0.2, -0.15) is 0 Å². The Morgan fingerprint density at radius 3 is 2.63 bits per heavy atom. The van der Waals surface area contributed by atoms with E-state index in [0.29, 0.717) is 17.1 Å². The summed E-state index contributed by atoms with van der Waals surface area (Å²) in [5.74, 6) is 0.120. The molecule has 3 atom stereocenters. The highest BCUT2D eigenvalue weighted by Gasteiger charge is 2.40. The third kappa shape index (κ3) is 2.25. The van der Waals surface area contributed by atoms with Crippen molar-refractivity contribution in [2.75, 3.05) is 5.32 Å². The molecule has 6 heteroatoms. The van der Waals surface area contributed by atoms with E-state index in [4.69, 9.17) is 5.11 Å². The highest BCUT2D eigenvalue weighted by molar-refractivity contribution is 7.17. The second-order valence-electron chi connectivity index (χ2n) is 5.48. The number of carboxylic acid groups (broad SMARTS) is 1. The lowest BCUT2D eigenvalue weighted by Crippen LogP contribution is -2.25. The monoisotopic (exact) mass is 280 g/mol. The molecular formula is C13H16N2O3S. The van der Waals surface area contributed by atoms with Gasteiger partial charge in [-0.1, -0.05) is 17.8 Å². The van der Waals surface area contributed by atoms with Crippen molar-refractivity contribution in [2.45, 2.75) is 38.6 Å². The van der Waals surface area contributed by atoms with Crippen molar-refractivity contribution in [2.24, 2.45) is 11.8 Å². The number of carboxylic acids is 1. The van der Waals surface area contributed by atoms with Crippen molar-refractivity contribution >= 4 is 28.2 Å². The van der Waals surface area contributed by atoms with Crippen LogP contribution in [0, 0.1) is 11.8 Å². The summed E-state index contributed by atoms with van der Waals surface area (Å²) in [5.41, 5.74) is -0.122. The van der Waals surface area contributed by atoms with Crippen molar-refractivity contribution in [3.63, 3.8) is 0 Å². The summed E-state index contributed by atoms with van der Waals surface area (Å²) < 4.78 is 0. The molecule has 0 spiro atoms. The number of aromatic carboxylic acids is 1. The topological polar surface area (TPSA) is 79.3 Å². The highest BCUT2D eigenvalue weighted by Crippen LogP contribution is 2.45. The number of ketones is 1. The first-order valence-corrected chi connectivity index (χ1v) is 7.38. The molecule has 2 aliphatic carbocycles. The number of nitrogens with zero attached hydrogens (tertiary/aromatic N) is 1. The van der Waals surface area contributed by atoms with E-state index in [1.165, 1.54) is 26.2 Å². The molecule has 0 saturated heterocycles. The third-order valence-corrected chi connectivity index (χ3v) is 5.28. The molecule has 1 heterocycles.